The van der Waals surface area contributed by atoms with E-state index in [0.717, 1.165) is 9.54 Å². The van der Waals surface area contributed by atoms with Crippen molar-refractivity contribution >= 4 is 33.1 Å². The van der Waals surface area contributed by atoms with E-state index in [1.807, 2.05) is 6.92 Å². The van der Waals surface area contributed by atoms with Crippen molar-refractivity contribution in [2.75, 3.05) is 38.3 Å². The van der Waals surface area contributed by atoms with Gasteiger partial charge >= 0.3 is 6.09 Å². The fraction of sp³-hybridized carbons (Fsp3) is 0.350. The molecule has 1 amide bonds. The van der Waals surface area contributed by atoms with Gasteiger partial charge in [0.25, 0.3) is 10.0 Å². The highest BCUT2D eigenvalue weighted by Gasteiger charge is 2.27. The second-order valence-electron chi connectivity index (χ2n) is 7.45. The molecule has 2 aromatic heterocycles. The summed E-state index contributed by atoms with van der Waals surface area (Å²) in [5, 5.41) is 9.93. The SMILES string of the molecule is Cc1ccc(S(=O)(=O)n2ccc3cnc(N(C)C4COCCN(C(=O)O)C4)nc32)cc1. The minimum Gasteiger partial charge on any atom is -0.465 e. The summed E-state index contributed by atoms with van der Waals surface area (Å²) in [7, 11) is -2.10. The average Bonchev–Trinajstić information content (AvgIpc) is 3.02. The van der Waals surface area contributed by atoms with E-state index in [0.29, 0.717) is 18.6 Å². The van der Waals surface area contributed by atoms with Gasteiger partial charge in [0.1, 0.15) is 0 Å². The number of aryl methyl sites for hydroxylation is 1. The zero-order valence-corrected chi connectivity index (χ0v) is 18.0. The molecule has 3 aromatic rings. The molecule has 0 saturated carbocycles. The highest BCUT2D eigenvalue weighted by molar-refractivity contribution is 7.90. The Morgan fingerprint density at radius 1 is 1.26 bits per heavy atom. The fourth-order valence-corrected chi connectivity index (χ4v) is 4.74. The first-order chi connectivity index (χ1) is 14.8. The van der Waals surface area contributed by atoms with Crippen molar-refractivity contribution in [1.29, 1.82) is 0 Å². The van der Waals surface area contributed by atoms with Crippen molar-refractivity contribution in [2.45, 2.75) is 17.9 Å². The number of amides is 1. The number of hydrogen-bond acceptors (Lipinski definition) is 7. The summed E-state index contributed by atoms with van der Waals surface area (Å²) in [5.74, 6) is 0.285. The molecule has 3 heterocycles. The van der Waals surface area contributed by atoms with Gasteiger partial charge in [0.15, 0.2) is 5.65 Å². The predicted molar refractivity (Wildman–Crippen MR) is 114 cm³/mol. The molecule has 0 bridgehead atoms. The van der Waals surface area contributed by atoms with E-state index < -0.39 is 16.1 Å². The zero-order valence-electron chi connectivity index (χ0n) is 17.2. The van der Waals surface area contributed by atoms with Crippen LogP contribution in [0.25, 0.3) is 11.0 Å². The van der Waals surface area contributed by atoms with Gasteiger partial charge in [-0.2, -0.15) is 4.98 Å². The third-order valence-corrected chi connectivity index (χ3v) is 7.02. The Morgan fingerprint density at radius 3 is 2.71 bits per heavy atom. The van der Waals surface area contributed by atoms with Crippen LogP contribution < -0.4 is 4.90 Å². The molecule has 0 aliphatic carbocycles. The number of anilines is 1. The number of carboxylic acid groups (broad SMARTS) is 1. The maximum atomic E-state index is 13.2. The van der Waals surface area contributed by atoms with Gasteiger partial charge in [-0.15, -0.1) is 0 Å². The number of fused-ring (bicyclic) bond motifs is 1. The molecular formula is C20H23N5O5S. The number of hydrogen-bond donors (Lipinski definition) is 1. The molecule has 1 aromatic carbocycles. The number of rotatable bonds is 4. The van der Waals surface area contributed by atoms with Crippen molar-refractivity contribution in [3.8, 4) is 0 Å². The van der Waals surface area contributed by atoms with Crippen LogP contribution in [0, 0.1) is 6.92 Å². The van der Waals surface area contributed by atoms with E-state index in [4.69, 9.17) is 4.74 Å². The van der Waals surface area contributed by atoms with Gasteiger partial charge in [-0.1, -0.05) is 17.7 Å². The first-order valence-corrected chi connectivity index (χ1v) is 11.2. The molecular weight excluding hydrogens is 422 g/mol. The molecule has 0 radical (unpaired) electrons. The predicted octanol–water partition coefficient (Wildman–Crippen LogP) is 1.79. The van der Waals surface area contributed by atoms with Gasteiger partial charge in [0, 0.05) is 37.9 Å². The molecule has 1 aliphatic rings. The number of benzene rings is 1. The van der Waals surface area contributed by atoms with Crippen LogP contribution in [0.5, 0.6) is 0 Å². The molecule has 164 valence electrons. The third kappa shape index (κ3) is 4.06. The van der Waals surface area contributed by atoms with Crippen LogP contribution in [-0.2, 0) is 14.8 Å². The lowest BCUT2D eigenvalue weighted by atomic mass is 10.2. The monoisotopic (exact) mass is 445 g/mol. The van der Waals surface area contributed by atoms with Gasteiger partial charge < -0.3 is 19.6 Å². The largest absolute Gasteiger partial charge is 0.465 e. The average molecular weight is 446 g/mol. The molecule has 1 atom stereocenters. The van der Waals surface area contributed by atoms with Crippen molar-refractivity contribution in [3.63, 3.8) is 0 Å². The molecule has 0 spiro atoms. The van der Waals surface area contributed by atoms with Crippen LogP contribution in [0.4, 0.5) is 10.7 Å². The Balaban J connectivity index is 1.69. The number of aromatic nitrogens is 3. The van der Waals surface area contributed by atoms with Gasteiger partial charge in [0.05, 0.1) is 24.2 Å². The third-order valence-electron chi connectivity index (χ3n) is 5.34. The van der Waals surface area contributed by atoms with E-state index in [2.05, 4.69) is 9.97 Å². The topological polar surface area (TPSA) is 118 Å². The van der Waals surface area contributed by atoms with Gasteiger partial charge in [-0.05, 0) is 25.1 Å². The fourth-order valence-electron chi connectivity index (χ4n) is 3.44. The van der Waals surface area contributed by atoms with Crippen LogP contribution in [0.15, 0.2) is 47.6 Å². The summed E-state index contributed by atoms with van der Waals surface area (Å²) < 4.78 is 33.0. The number of nitrogens with zero attached hydrogens (tertiary/aromatic N) is 5. The smallest absolute Gasteiger partial charge is 0.407 e. The molecule has 11 heteroatoms. The highest BCUT2D eigenvalue weighted by atomic mass is 32.2. The summed E-state index contributed by atoms with van der Waals surface area (Å²) in [4.78, 5) is 23.4. The Hall–Kier alpha value is -3.18. The van der Waals surface area contributed by atoms with E-state index in [1.54, 1.807) is 48.5 Å². The normalized spacial score (nSPS) is 17.5. The Kier molecular flexibility index (Phi) is 5.54. The molecule has 4 rings (SSSR count). The van der Waals surface area contributed by atoms with Crippen molar-refractivity contribution in [1.82, 2.24) is 18.8 Å². The van der Waals surface area contributed by atoms with Gasteiger partial charge in [0.2, 0.25) is 5.95 Å². The second kappa shape index (κ2) is 8.16. The highest BCUT2D eigenvalue weighted by Crippen LogP contribution is 2.23. The van der Waals surface area contributed by atoms with Gasteiger partial charge in [-0.25, -0.2) is 22.2 Å². The van der Waals surface area contributed by atoms with Crippen LogP contribution >= 0.6 is 0 Å². The number of ether oxygens (including phenoxy) is 1. The Bertz CT molecular complexity index is 1210. The minimum absolute atomic E-state index is 0.165. The molecule has 1 saturated heterocycles. The van der Waals surface area contributed by atoms with E-state index in [9.17, 15) is 18.3 Å². The minimum atomic E-state index is -3.83. The Labute approximate surface area is 179 Å². The van der Waals surface area contributed by atoms with E-state index in [1.165, 1.54) is 11.1 Å². The van der Waals surface area contributed by atoms with Crippen molar-refractivity contribution < 1.29 is 23.1 Å². The maximum Gasteiger partial charge on any atom is 0.407 e. The summed E-state index contributed by atoms with van der Waals surface area (Å²) in [6.45, 7) is 3.03. The van der Waals surface area contributed by atoms with Gasteiger partial charge in [-0.3, -0.25) is 0 Å². The van der Waals surface area contributed by atoms with Crippen LogP contribution in [0.2, 0.25) is 0 Å². The lowest BCUT2D eigenvalue weighted by molar-refractivity contribution is 0.125. The van der Waals surface area contributed by atoms with E-state index in [-0.39, 0.29) is 35.6 Å². The lowest BCUT2D eigenvalue weighted by Gasteiger charge is -2.29. The second-order valence-corrected chi connectivity index (χ2v) is 9.26. The standard InChI is InChI=1S/C20H23N5O5S/c1-14-3-5-17(6-4-14)31(28,29)25-8-7-15-11-21-19(22-18(15)25)23(2)16-12-24(20(26)27)9-10-30-13-16/h3-8,11,16H,9-10,12-13H2,1-2H3,(H,26,27). The van der Waals surface area contributed by atoms with Crippen molar-refractivity contribution in [3.05, 3.63) is 48.3 Å². The summed E-state index contributed by atoms with van der Waals surface area (Å²) in [5.41, 5.74) is 1.21. The molecule has 10 nitrogen and oxygen atoms in total. The Morgan fingerprint density at radius 2 is 2.00 bits per heavy atom. The number of likely N-dealkylation sites (N-methyl/N-ethyl adjacent to an activating group) is 1. The summed E-state index contributed by atoms with van der Waals surface area (Å²) in [6.07, 6.45) is 2.00. The summed E-state index contributed by atoms with van der Waals surface area (Å²) >= 11 is 0. The first kappa shape index (κ1) is 21.1. The van der Waals surface area contributed by atoms with E-state index >= 15 is 0 Å². The zero-order chi connectivity index (χ0) is 22.2. The maximum absolute atomic E-state index is 13.2. The quantitative estimate of drug-likeness (QED) is 0.646. The molecule has 1 fully saturated rings. The molecule has 1 aliphatic heterocycles. The first-order valence-electron chi connectivity index (χ1n) is 9.72. The molecule has 31 heavy (non-hydrogen) atoms. The molecule has 1 N–H and O–H groups in total. The summed E-state index contributed by atoms with van der Waals surface area (Å²) in [6, 6.07) is 7.95. The number of carbonyl (C=O) groups is 1. The molecule has 1 unspecified atom stereocenters. The van der Waals surface area contributed by atoms with Crippen molar-refractivity contribution in [2.24, 2.45) is 0 Å². The van der Waals surface area contributed by atoms with Crippen LogP contribution in [0.3, 0.4) is 0 Å². The van der Waals surface area contributed by atoms with Crippen LogP contribution in [0.1, 0.15) is 5.56 Å². The van der Waals surface area contributed by atoms with Crippen LogP contribution in [-0.4, -0.2) is 77.9 Å². The lowest BCUT2D eigenvalue weighted by Crippen LogP contribution is -2.45.